The predicted molar refractivity (Wildman–Crippen MR) is 61.7 cm³/mol. The summed E-state index contributed by atoms with van der Waals surface area (Å²) in [5.41, 5.74) is 0.589. The van der Waals surface area contributed by atoms with E-state index in [9.17, 15) is 10.1 Å². The predicted octanol–water partition coefficient (Wildman–Crippen LogP) is 2.57. The van der Waals surface area contributed by atoms with Crippen LogP contribution in [-0.4, -0.2) is 9.91 Å². The second-order valence-corrected chi connectivity index (χ2v) is 3.34. The molecule has 0 aliphatic carbocycles. The van der Waals surface area contributed by atoms with Crippen LogP contribution in [0.25, 0.3) is 0 Å². The molecule has 0 unspecified atom stereocenters. The number of hydrogen-bond acceptors (Lipinski definition) is 4. The van der Waals surface area contributed by atoms with Gasteiger partial charge in [-0.1, -0.05) is 18.2 Å². The topological polar surface area (TPSA) is 65.3 Å². The SMILES string of the molecule is O=[N+]([O-])c1ccccc1COc1ccccn1. The Kier molecular flexibility index (Phi) is 3.30. The zero-order valence-corrected chi connectivity index (χ0v) is 8.95. The maximum absolute atomic E-state index is 10.8. The number of nitro benzene ring substituents is 1. The smallest absolute Gasteiger partial charge is 0.276 e. The standard InChI is InChI=1S/C12H10N2O3/c15-14(16)11-6-2-1-5-10(11)9-17-12-7-3-4-8-13-12/h1-8H,9H2. The number of benzene rings is 1. The van der Waals surface area contributed by atoms with Crippen LogP contribution in [0.3, 0.4) is 0 Å². The van der Waals surface area contributed by atoms with Gasteiger partial charge in [-0.25, -0.2) is 4.98 Å². The number of para-hydroxylation sites is 1. The van der Waals surface area contributed by atoms with E-state index in [4.69, 9.17) is 4.74 Å². The van der Waals surface area contributed by atoms with Gasteiger partial charge in [0.05, 0.1) is 10.5 Å². The normalized spacial score (nSPS) is 9.88. The molecule has 5 heteroatoms. The third-order valence-electron chi connectivity index (χ3n) is 2.20. The minimum atomic E-state index is -0.420. The van der Waals surface area contributed by atoms with Crippen LogP contribution < -0.4 is 4.74 Å². The molecule has 17 heavy (non-hydrogen) atoms. The Morgan fingerprint density at radius 1 is 1.18 bits per heavy atom. The Morgan fingerprint density at radius 3 is 2.65 bits per heavy atom. The van der Waals surface area contributed by atoms with Crippen LogP contribution in [-0.2, 0) is 6.61 Å². The lowest BCUT2D eigenvalue weighted by Crippen LogP contribution is -2.01. The average Bonchev–Trinajstić information content (AvgIpc) is 2.38. The zero-order valence-electron chi connectivity index (χ0n) is 8.95. The van der Waals surface area contributed by atoms with E-state index in [-0.39, 0.29) is 12.3 Å². The van der Waals surface area contributed by atoms with Crippen molar-refractivity contribution in [2.45, 2.75) is 6.61 Å². The molecule has 0 spiro atoms. The van der Waals surface area contributed by atoms with Gasteiger partial charge in [0.25, 0.3) is 5.69 Å². The summed E-state index contributed by atoms with van der Waals surface area (Å²) < 4.78 is 5.37. The number of nitrogens with zero attached hydrogens (tertiary/aromatic N) is 2. The molecule has 0 saturated carbocycles. The average molecular weight is 230 g/mol. The molecule has 1 aromatic heterocycles. The Morgan fingerprint density at radius 2 is 1.94 bits per heavy atom. The highest BCUT2D eigenvalue weighted by Crippen LogP contribution is 2.19. The van der Waals surface area contributed by atoms with Crippen LogP contribution in [0.15, 0.2) is 48.7 Å². The minimum absolute atomic E-state index is 0.0587. The summed E-state index contributed by atoms with van der Waals surface area (Å²) in [5, 5.41) is 10.8. The highest BCUT2D eigenvalue weighted by atomic mass is 16.6. The van der Waals surface area contributed by atoms with Gasteiger partial charge in [0.15, 0.2) is 0 Å². The Bertz CT molecular complexity index is 514. The number of ether oxygens (including phenoxy) is 1. The number of pyridine rings is 1. The summed E-state index contributed by atoms with van der Waals surface area (Å²) in [6, 6.07) is 11.8. The van der Waals surface area contributed by atoms with Crippen molar-refractivity contribution in [2.75, 3.05) is 0 Å². The van der Waals surface area contributed by atoms with Gasteiger partial charge >= 0.3 is 0 Å². The maximum atomic E-state index is 10.8. The summed E-state index contributed by atoms with van der Waals surface area (Å²) in [5.74, 6) is 0.450. The summed E-state index contributed by atoms with van der Waals surface area (Å²) in [7, 11) is 0. The number of aromatic nitrogens is 1. The molecule has 2 aromatic rings. The molecule has 0 aliphatic rings. The molecule has 0 saturated heterocycles. The van der Waals surface area contributed by atoms with E-state index in [0.29, 0.717) is 11.4 Å². The van der Waals surface area contributed by atoms with Gasteiger partial charge in [-0.15, -0.1) is 0 Å². The third-order valence-corrected chi connectivity index (χ3v) is 2.20. The third kappa shape index (κ3) is 2.78. The molecule has 0 atom stereocenters. The first-order chi connectivity index (χ1) is 8.27. The monoisotopic (exact) mass is 230 g/mol. The fourth-order valence-electron chi connectivity index (χ4n) is 1.40. The molecule has 2 rings (SSSR count). The highest BCUT2D eigenvalue weighted by Gasteiger charge is 2.12. The molecule has 1 aromatic carbocycles. The lowest BCUT2D eigenvalue weighted by molar-refractivity contribution is -0.385. The summed E-state index contributed by atoms with van der Waals surface area (Å²) in [6.45, 7) is 0.133. The molecule has 86 valence electrons. The van der Waals surface area contributed by atoms with Gasteiger partial charge < -0.3 is 4.74 Å². The lowest BCUT2D eigenvalue weighted by Gasteiger charge is -2.05. The van der Waals surface area contributed by atoms with Crippen molar-refractivity contribution < 1.29 is 9.66 Å². The molecule has 1 heterocycles. The summed E-state index contributed by atoms with van der Waals surface area (Å²) >= 11 is 0. The van der Waals surface area contributed by atoms with Gasteiger partial charge in [-0.05, 0) is 12.1 Å². The Balaban J connectivity index is 2.12. The molecule has 5 nitrogen and oxygen atoms in total. The van der Waals surface area contributed by atoms with Crippen LogP contribution in [0.4, 0.5) is 5.69 Å². The van der Waals surface area contributed by atoms with E-state index in [2.05, 4.69) is 4.98 Å². The number of rotatable bonds is 4. The van der Waals surface area contributed by atoms with Crippen LogP contribution >= 0.6 is 0 Å². The van der Waals surface area contributed by atoms with Crippen molar-refractivity contribution in [2.24, 2.45) is 0 Å². The van der Waals surface area contributed by atoms with E-state index in [1.165, 1.54) is 6.07 Å². The minimum Gasteiger partial charge on any atom is -0.473 e. The molecule has 0 radical (unpaired) electrons. The summed E-state index contributed by atoms with van der Waals surface area (Å²) in [6.07, 6.45) is 1.61. The van der Waals surface area contributed by atoms with E-state index in [1.54, 1.807) is 42.6 Å². The molecular weight excluding hydrogens is 220 g/mol. The van der Waals surface area contributed by atoms with E-state index < -0.39 is 4.92 Å². The summed E-state index contributed by atoms with van der Waals surface area (Å²) in [4.78, 5) is 14.3. The van der Waals surface area contributed by atoms with Gasteiger partial charge in [-0.2, -0.15) is 0 Å². The fourth-order valence-corrected chi connectivity index (χ4v) is 1.40. The van der Waals surface area contributed by atoms with Crippen molar-refractivity contribution in [1.82, 2.24) is 4.98 Å². The van der Waals surface area contributed by atoms with Crippen LogP contribution in [0.1, 0.15) is 5.56 Å². The first-order valence-corrected chi connectivity index (χ1v) is 5.03. The lowest BCUT2D eigenvalue weighted by atomic mass is 10.2. The van der Waals surface area contributed by atoms with Crippen molar-refractivity contribution in [3.8, 4) is 5.88 Å². The van der Waals surface area contributed by atoms with Gasteiger partial charge in [0.2, 0.25) is 5.88 Å². The Labute approximate surface area is 97.8 Å². The fraction of sp³-hybridized carbons (Fsp3) is 0.0833. The first kappa shape index (κ1) is 11.1. The largest absolute Gasteiger partial charge is 0.473 e. The van der Waals surface area contributed by atoms with Gasteiger partial charge in [0, 0.05) is 18.3 Å². The molecular formula is C12H10N2O3. The molecule has 0 amide bonds. The van der Waals surface area contributed by atoms with Gasteiger partial charge in [0.1, 0.15) is 6.61 Å². The molecule has 0 N–H and O–H groups in total. The van der Waals surface area contributed by atoms with E-state index in [1.807, 2.05) is 0 Å². The molecule has 0 bridgehead atoms. The van der Waals surface area contributed by atoms with Crippen molar-refractivity contribution in [1.29, 1.82) is 0 Å². The van der Waals surface area contributed by atoms with Crippen molar-refractivity contribution >= 4 is 5.69 Å². The van der Waals surface area contributed by atoms with Crippen LogP contribution in [0.5, 0.6) is 5.88 Å². The molecule has 0 fully saturated rings. The van der Waals surface area contributed by atoms with E-state index >= 15 is 0 Å². The maximum Gasteiger partial charge on any atom is 0.276 e. The second-order valence-electron chi connectivity index (χ2n) is 3.34. The highest BCUT2D eigenvalue weighted by molar-refractivity contribution is 5.39. The molecule has 0 aliphatic heterocycles. The van der Waals surface area contributed by atoms with Crippen molar-refractivity contribution in [3.63, 3.8) is 0 Å². The first-order valence-electron chi connectivity index (χ1n) is 5.03. The van der Waals surface area contributed by atoms with Gasteiger partial charge in [-0.3, -0.25) is 10.1 Å². The van der Waals surface area contributed by atoms with E-state index in [0.717, 1.165) is 0 Å². The second kappa shape index (κ2) is 5.07. The quantitative estimate of drug-likeness (QED) is 0.598. The Hall–Kier alpha value is -2.43. The number of hydrogen-bond donors (Lipinski definition) is 0. The zero-order chi connectivity index (χ0) is 12.1. The van der Waals surface area contributed by atoms with Crippen LogP contribution in [0.2, 0.25) is 0 Å². The number of nitro groups is 1. The van der Waals surface area contributed by atoms with Crippen molar-refractivity contribution in [3.05, 3.63) is 64.3 Å². The van der Waals surface area contributed by atoms with Crippen LogP contribution in [0, 0.1) is 10.1 Å².